The lowest BCUT2D eigenvalue weighted by Crippen LogP contribution is -2.63. The second-order valence-corrected chi connectivity index (χ2v) is 6.17. The average molecular weight is 281 g/mol. The number of aryl methyl sites for hydroxylation is 1. The first-order valence-electron chi connectivity index (χ1n) is 6.41. The maximum atomic E-state index is 12.5. The largest absolute Gasteiger partial charge is 0.342 e. The van der Waals surface area contributed by atoms with Crippen molar-refractivity contribution < 1.29 is 9.59 Å². The minimum Gasteiger partial charge on any atom is -0.342 e. The van der Waals surface area contributed by atoms with Gasteiger partial charge >= 0.3 is 0 Å². The van der Waals surface area contributed by atoms with Crippen LogP contribution in [0.3, 0.4) is 0 Å². The highest BCUT2D eigenvalue weighted by Crippen LogP contribution is 2.21. The van der Waals surface area contributed by atoms with Gasteiger partial charge in [0.05, 0.1) is 17.7 Å². The van der Waals surface area contributed by atoms with E-state index in [1.165, 1.54) is 11.3 Å². The van der Waals surface area contributed by atoms with Crippen molar-refractivity contribution in [2.45, 2.75) is 46.3 Å². The highest BCUT2D eigenvalue weighted by molar-refractivity contribution is 7.09. The molecule has 1 saturated heterocycles. The van der Waals surface area contributed by atoms with Crippen molar-refractivity contribution in [3.05, 3.63) is 16.1 Å². The van der Waals surface area contributed by atoms with Crippen LogP contribution in [-0.2, 0) is 16.1 Å². The van der Waals surface area contributed by atoms with Gasteiger partial charge in [0, 0.05) is 4.88 Å². The summed E-state index contributed by atoms with van der Waals surface area (Å²) in [5.74, 6) is 0.00405. The van der Waals surface area contributed by atoms with Crippen LogP contribution in [0.5, 0.6) is 0 Å². The Kier molecular flexibility index (Phi) is 3.89. The van der Waals surface area contributed by atoms with Gasteiger partial charge in [-0.25, -0.2) is 4.98 Å². The first-order valence-corrected chi connectivity index (χ1v) is 7.29. The van der Waals surface area contributed by atoms with Gasteiger partial charge in [-0.05, 0) is 19.8 Å². The van der Waals surface area contributed by atoms with Crippen LogP contribution >= 0.6 is 11.3 Å². The third-order valence-electron chi connectivity index (χ3n) is 3.52. The molecule has 0 bridgehead atoms. The highest BCUT2D eigenvalue weighted by atomic mass is 32.1. The molecule has 1 N–H and O–H groups in total. The third kappa shape index (κ3) is 2.63. The van der Waals surface area contributed by atoms with Crippen LogP contribution in [-0.4, -0.2) is 33.8 Å². The van der Waals surface area contributed by atoms with Crippen LogP contribution < -0.4 is 5.32 Å². The van der Waals surface area contributed by atoms with E-state index in [2.05, 4.69) is 10.3 Å². The summed E-state index contributed by atoms with van der Waals surface area (Å²) in [6.45, 7) is 8.03. The number of thiazole rings is 1. The Morgan fingerprint density at radius 1 is 1.47 bits per heavy atom. The third-order valence-corrected chi connectivity index (χ3v) is 4.44. The van der Waals surface area contributed by atoms with Crippen molar-refractivity contribution in [3.63, 3.8) is 0 Å². The van der Waals surface area contributed by atoms with Crippen LogP contribution in [0.2, 0.25) is 0 Å². The lowest BCUT2D eigenvalue weighted by atomic mass is 9.98. The van der Waals surface area contributed by atoms with E-state index >= 15 is 0 Å². The van der Waals surface area contributed by atoms with E-state index in [-0.39, 0.29) is 17.7 Å². The van der Waals surface area contributed by atoms with E-state index in [9.17, 15) is 9.59 Å². The number of amides is 2. The fourth-order valence-electron chi connectivity index (χ4n) is 2.15. The molecular weight excluding hydrogens is 262 g/mol. The minimum atomic E-state index is -0.427. The predicted molar refractivity (Wildman–Crippen MR) is 73.6 cm³/mol. The van der Waals surface area contributed by atoms with E-state index < -0.39 is 12.1 Å². The average Bonchev–Trinajstić information content (AvgIpc) is 2.74. The Labute approximate surface area is 117 Å². The Morgan fingerprint density at radius 2 is 2.16 bits per heavy atom. The molecule has 1 aromatic rings. The number of hydrogen-bond acceptors (Lipinski definition) is 4. The molecule has 1 aliphatic heterocycles. The molecule has 1 aromatic heterocycles. The molecule has 5 nitrogen and oxygen atoms in total. The van der Waals surface area contributed by atoms with Crippen molar-refractivity contribution in [3.8, 4) is 0 Å². The zero-order chi connectivity index (χ0) is 14.2. The molecule has 1 fully saturated rings. The zero-order valence-corrected chi connectivity index (χ0v) is 12.5. The van der Waals surface area contributed by atoms with Gasteiger partial charge in [-0.1, -0.05) is 13.8 Å². The summed E-state index contributed by atoms with van der Waals surface area (Å²) in [6.07, 6.45) is 0. The van der Waals surface area contributed by atoms with Crippen LogP contribution in [0.1, 0.15) is 31.3 Å². The van der Waals surface area contributed by atoms with Gasteiger partial charge in [0.2, 0.25) is 11.8 Å². The van der Waals surface area contributed by atoms with E-state index in [0.29, 0.717) is 6.54 Å². The second-order valence-electron chi connectivity index (χ2n) is 5.23. The Balaban J connectivity index is 2.23. The maximum Gasteiger partial charge on any atom is 0.246 e. The quantitative estimate of drug-likeness (QED) is 0.909. The number of rotatable bonds is 3. The molecule has 2 amide bonds. The fourth-order valence-corrected chi connectivity index (χ4v) is 2.92. The first kappa shape index (κ1) is 14.0. The molecule has 6 heteroatoms. The molecule has 104 valence electrons. The summed E-state index contributed by atoms with van der Waals surface area (Å²) in [5.41, 5.74) is 2.70. The van der Waals surface area contributed by atoms with Gasteiger partial charge in [0.1, 0.15) is 12.1 Å². The highest BCUT2D eigenvalue weighted by Gasteiger charge is 2.39. The first-order chi connectivity index (χ1) is 8.91. The van der Waals surface area contributed by atoms with E-state index in [0.717, 1.165) is 10.6 Å². The van der Waals surface area contributed by atoms with Crippen molar-refractivity contribution in [1.29, 1.82) is 0 Å². The number of piperazine rings is 1. The SMILES string of the molecule is Cc1ncsc1CN1C(=O)C(C(C)C)NC(=O)C1C. The van der Waals surface area contributed by atoms with Gasteiger partial charge in [0.25, 0.3) is 0 Å². The number of carbonyl (C=O) groups excluding carboxylic acids is 2. The van der Waals surface area contributed by atoms with Gasteiger partial charge in [0.15, 0.2) is 0 Å². The smallest absolute Gasteiger partial charge is 0.246 e. The lowest BCUT2D eigenvalue weighted by Gasteiger charge is -2.38. The van der Waals surface area contributed by atoms with E-state index in [4.69, 9.17) is 0 Å². The van der Waals surface area contributed by atoms with E-state index in [1.807, 2.05) is 20.8 Å². The number of aromatic nitrogens is 1. The molecule has 0 aliphatic carbocycles. The van der Waals surface area contributed by atoms with Gasteiger partial charge < -0.3 is 10.2 Å². The zero-order valence-electron chi connectivity index (χ0n) is 11.6. The molecule has 2 unspecified atom stereocenters. The molecule has 2 heterocycles. The molecule has 19 heavy (non-hydrogen) atoms. The topological polar surface area (TPSA) is 62.3 Å². The standard InChI is InChI=1S/C13H19N3O2S/c1-7(2)11-13(18)16(9(4)12(17)15-11)5-10-8(3)14-6-19-10/h6-7,9,11H,5H2,1-4H3,(H,15,17). The van der Waals surface area contributed by atoms with Gasteiger partial charge in [-0.2, -0.15) is 0 Å². The number of nitrogens with zero attached hydrogens (tertiary/aromatic N) is 2. The normalized spacial score (nSPS) is 23.9. The monoisotopic (exact) mass is 281 g/mol. The van der Waals surface area contributed by atoms with Crippen LogP contribution in [0.25, 0.3) is 0 Å². The number of carbonyl (C=O) groups is 2. The summed E-state index contributed by atoms with van der Waals surface area (Å²) in [6, 6.07) is -0.846. The molecule has 0 spiro atoms. The molecule has 1 aliphatic rings. The number of hydrogen-bond donors (Lipinski definition) is 1. The summed E-state index contributed by atoms with van der Waals surface area (Å²) in [5, 5.41) is 2.80. The van der Waals surface area contributed by atoms with Gasteiger partial charge in [-0.15, -0.1) is 11.3 Å². The lowest BCUT2D eigenvalue weighted by molar-refractivity contribution is -0.150. The number of nitrogens with one attached hydrogen (secondary N) is 1. The van der Waals surface area contributed by atoms with Crippen molar-refractivity contribution >= 4 is 23.2 Å². The van der Waals surface area contributed by atoms with Crippen LogP contribution in [0.15, 0.2) is 5.51 Å². The summed E-state index contributed by atoms with van der Waals surface area (Å²) in [4.78, 5) is 31.3. The molecule has 0 saturated carbocycles. The summed E-state index contributed by atoms with van der Waals surface area (Å²) >= 11 is 1.52. The molecule has 2 atom stereocenters. The molecule has 0 radical (unpaired) electrons. The fraction of sp³-hybridized carbons (Fsp3) is 0.615. The predicted octanol–water partition coefficient (Wildman–Crippen LogP) is 1.32. The molecule has 0 aromatic carbocycles. The van der Waals surface area contributed by atoms with E-state index in [1.54, 1.807) is 17.3 Å². The summed E-state index contributed by atoms with van der Waals surface area (Å²) < 4.78 is 0. The maximum absolute atomic E-state index is 12.5. The Hall–Kier alpha value is -1.43. The van der Waals surface area contributed by atoms with Crippen LogP contribution in [0, 0.1) is 12.8 Å². The van der Waals surface area contributed by atoms with Crippen molar-refractivity contribution in [1.82, 2.24) is 15.2 Å². The van der Waals surface area contributed by atoms with Crippen molar-refractivity contribution in [2.24, 2.45) is 5.92 Å². The Morgan fingerprint density at radius 3 is 2.68 bits per heavy atom. The summed E-state index contributed by atoms with van der Waals surface area (Å²) in [7, 11) is 0. The van der Waals surface area contributed by atoms with Crippen LogP contribution in [0.4, 0.5) is 0 Å². The Bertz CT molecular complexity index is 498. The molecular formula is C13H19N3O2S. The van der Waals surface area contributed by atoms with Crippen molar-refractivity contribution in [2.75, 3.05) is 0 Å². The second kappa shape index (κ2) is 5.28. The van der Waals surface area contributed by atoms with Gasteiger partial charge in [-0.3, -0.25) is 9.59 Å². The molecule has 2 rings (SSSR count). The minimum absolute atomic E-state index is 0.00472.